The van der Waals surface area contributed by atoms with Gasteiger partial charge in [-0.05, 0) is 44.8 Å². The fourth-order valence-electron chi connectivity index (χ4n) is 2.27. The number of aromatic nitrogens is 2. The maximum absolute atomic E-state index is 13.3. The molecule has 0 aliphatic heterocycles. The molecule has 2 rings (SSSR count). The maximum Gasteiger partial charge on any atom is 0.357 e. The molecule has 1 N–H and O–H groups in total. The molecule has 136 valence electrons. The molecule has 1 aromatic carbocycles. The van der Waals surface area contributed by atoms with Crippen molar-refractivity contribution in [1.29, 1.82) is 0 Å². The van der Waals surface area contributed by atoms with Gasteiger partial charge in [-0.1, -0.05) is 34.3 Å². The number of amides is 1. The van der Waals surface area contributed by atoms with Crippen LogP contribution >= 0.6 is 19.1 Å². The van der Waals surface area contributed by atoms with Crippen LogP contribution in [0.2, 0.25) is 0 Å². The second-order valence-corrected chi connectivity index (χ2v) is 8.22. The van der Waals surface area contributed by atoms with Gasteiger partial charge in [-0.15, -0.1) is 5.10 Å². The van der Waals surface area contributed by atoms with E-state index in [1.807, 2.05) is 31.2 Å². The number of rotatable bonds is 8. The van der Waals surface area contributed by atoms with Crippen molar-refractivity contribution in [2.75, 3.05) is 13.2 Å². The van der Waals surface area contributed by atoms with Gasteiger partial charge in [-0.3, -0.25) is 9.36 Å². The highest BCUT2D eigenvalue weighted by Gasteiger charge is 2.38. The van der Waals surface area contributed by atoms with Crippen LogP contribution < -0.4 is 5.32 Å². The third-order valence-corrected chi connectivity index (χ3v) is 6.58. The van der Waals surface area contributed by atoms with Crippen molar-refractivity contribution in [3.05, 3.63) is 46.0 Å². The number of hydrogen-bond donors (Lipinski definition) is 1. The summed E-state index contributed by atoms with van der Waals surface area (Å²) < 4.78 is 28.0. The minimum atomic E-state index is -3.61. The van der Waals surface area contributed by atoms with Crippen LogP contribution in [-0.2, 0) is 13.6 Å². The van der Waals surface area contributed by atoms with Crippen LogP contribution in [0.3, 0.4) is 0 Å². The number of nitrogens with one attached hydrogen (secondary N) is 1. The number of aryl methyl sites for hydroxylation is 2. The highest BCUT2D eigenvalue weighted by Crippen LogP contribution is 2.59. The lowest BCUT2D eigenvalue weighted by atomic mass is 10.1. The van der Waals surface area contributed by atoms with Crippen LogP contribution in [0.5, 0.6) is 0 Å². The summed E-state index contributed by atoms with van der Waals surface area (Å²) >= 11 is 0.990. The topological polar surface area (TPSA) is 90.4 Å². The zero-order chi connectivity index (χ0) is 18.4. The maximum atomic E-state index is 13.3. The number of hydrogen-bond acceptors (Lipinski definition) is 7. The monoisotopic (exact) mass is 383 g/mol. The summed E-state index contributed by atoms with van der Waals surface area (Å²) in [6.07, 6.45) is 0. The van der Waals surface area contributed by atoms with E-state index in [1.54, 1.807) is 20.8 Å². The van der Waals surface area contributed by atoms with Crippen LogP contribution in [0.25, 0.3) is 0 Å². The molecule has 0 aliphatic carbocycles. The van der Waals surface area contributed by atoms with Gasteiger partial charge in [-0.2, -0.15) is 0 Å². The summed E-state index contributed by atoms with van der Waals surface area (Å²) in [5.74, 6) is -1.32. The van der Waals surface area contributed by atoms with Crippen molar-refractivity contribution >= 4 is 25.0 Å². The van der Waals surface area contributed by atoms with Gasteiger partial charge in [0.1, 0.15) is 4.88 Å². The summed E-state index contributed by atoms with van der Waals surface area (Å²) in [5.41, 5.74) is 2.23. The Hall–Kier alpha value is -1.60. The Kier molecular flexibility index (Phi) is 6.84. The third-order valence-electron chi connectivity index (χ3n) is 3.45. The molecule has 1 amide bonds. The number of carbonyl (C=O) groups excluding carboxylic acids is 1. The smallest absolute Gasteiger partial charge is 0.333 e. The predicted molar refractivity (Wildman–Crippen MR) is 96.9 cm³/mol. The van der Waals surface area contributed by atoms with Crippen LogP contribution in [0.4, 0.5) is 0 Å². The number of benzene rings is 1. The van der Waals surface area contributed by atoms with Gasteiger partial charge in [0.2, 0.25) is 0 Å². The van der Waals surface area contributed by atoms with E-state index < -0.39 is 19.3 Å². The minimum absolute atomic E-state index is 0.205. The molecule has 1 aromatic heterocycles. The van der Waals surface area contributed by atoms with Crippen molar-refractivity contribution in [2.24, 2.45) is 0 Å². The average Bonchev–Trinajstić information content (AvgIpc) is 3.00. The number of nitrogens with zero attached hydrogens (tertiary/aromatic N) is 2. The molecule has 1 unspecified atom stereocenters. The first-order chi connectivity index (χ1) is 11.9. The molecule has 0 fully saturated rings. The summed E-state index contributed by atoms with van der Waals surface area (Å²) in [5, 5.41) is 6.62. The highest BCUT2D eigenvalue weighted by atomic mass is 32.1. The minimum Gasteiger partial charge on any atom is -0.333 e. The van der Waals surface area contributed by atoms with Crippen LogP contribution in [-0.4, -0.2) is 28.7 Å². The van der Waals surface area contributed by atoms with Crippen molar-refractivity contribution in [3.63, 3.8) is 0 Å². The SMILES string of the molecule is CCOP(=O)(OCC)C(NC(=O)c1snnc1C)c1ccc(C)cc1. The van der Waals surface area contributed by atoms with E-state index in [0.29, 0.717) is 16.1 Å². The fourth-order valence-corrected chi connectivity index (χ4v) is 4.73. The van der Waals surface area contributed by atoms with Crippen molar-refractivity contribution in [3.8, 4) is 0 Å². The Balaban J connectivity index is 2.41. The summed E-state index contributed by atoms with van der Waals surface area (Å²) in [4.78, 5) is 13.0. The molecule has 0 radical (unpaired) electrons. The van der Waals surface area contributed by atoms with Gasteiger partial charge in [0, 0.05) is 0 Å². The van der Waals surface area contributed by atoms with E-state index >= 15 is 0 Å². The largest absolute Gasteiger partial charge is 0.357 e. The first-order valence-electron chi connectivity index (χ1n) is 7.96. The molecular formula is C16H22N3O4PS. The van der Waals surface area contributed by atoms with Crippen LogP contribution in [0.1, 0.15) is 46.1 Å². The zero-order valence-electron chi connectivity index (χ0n) is 14.7. The fraction of sp³-hybridized carbons (Fsp3) is 0.438. The Labute approximate surface area is 151 Å². The van der Waals surface area contributed by atoms with Gasteiger partial charge in [0.05, 0.1) is 18.9 Å². The summed E-state index contributed by atoms with van der Waals surface area (Å²) in [6.45, 7) is 7.53. The molecular weight excluding hydrogens is 361 g/mol. The Morgan fingerprint density at radius 3 is 2.28 bits per heavy atom. The molecule has 0 saturated heterocycles. The Bertz CT molecular complexity index is 753. The third kappa shape index (κ3) is 4.73. The molecule has 0 bridgehead atoms. The molecule has 9 heteroatoms. The molecule has 0 aliphatic rings. The van der Waals surface area contributed by atoms with Gasteiger partial charge >= 0.3 is 7.60 Å². The van der Waals surface area contributed by atoms with E-state index in [4.69, 9.17) is 9.05 Å². The molecule has 0 saturated carbocycles. The number of carbonyl (C=O) groups is 1. The molecule has 0 spiro atoms. The van der Waals surface area contributed by atoms with Crippen molar-refractivity contribution in [2.45, 2.75) is 33.5 Å². The summed E-state index contributed by atoms with van der Waals surface area (Å²) in [7, 11) is -3.61. The quantitative estimate of drug-likeness (QED) is 0.697. The van der Waals surface area contributed by atoms with E-state index in [2.05, 4.69) is 14.9 Å². The predicted octanol–water partition coefficient (Wildman–Crippen LogP) is 3.85. The van der Waals surface area contributed by atoms with Gasteiger partial charge < -0.3 is 14.4 Å². The molecule has 7 nitrogen and oxygen atoms in total. The van der Waals surface area contributed by atoms with Crippen molar-refractivity contribution in [1.82, 2.24) is 14.9 Å². The lowest BCUT2D eigenvalue weighted by Gasteiger charge is -2.27. The average molecular weight is 383 g/mol. The Morgan fingerprint density at radius 1 is 1.20 bits per heavy atom. The van der Waals surface area contributed by atoms with Crippen LogP contribution in [0.15, 0.2) is 24.3 Å². The summed E-state index contributed by atoms with van der Waals surface area (Å²) in [6, 6.07) is 7.39. The first kappa shape index (κ1) is 19.7. The normalized spacial score (nSPS) is 12.8. The standard InChI is InChI=1S/C16H22N3O4PS/c1-5-22-24(21,23-6-2)16(13-9-7-11(3)8-10-13)17-15(20)14-12(4)18-19-25-14/h7-10,16H,5-6H2,1-4H3,(H,17,20). The second-order valence-electron chi connectivity index (χ2n) is 5.35. The molecule has 1 heterocycles. The highest BCUT2D eigenvalue weighted by molar-refractivity contribution is 7.54. The van der Waals surface area contributed by atoms with Gasteiger partial charge in [0.15, 0.2) is 5.78 Å². The Morgan fingerprint density at radius 2 is 1.80 bits per heavy atom. The van der Waals surface area contributed by atoms with E-state index in [1.165, 1.54) is 0 Å². The van der Waals surface area contributed by atoms with E-state index in [-0.39, 0.29) is 13.2 Å². The first-order valence-corrected chi connectivity index (χ1v) is 10.3. The van der Waals surface area contributed by atoms with Gasteiger partial charge in [-0.25, -0.2) is 0 Å². The lowest BCUT2D eigenvalue weighted by molar-refractivity contribution is 0.0940. The zero-order valence-corrected chi connectivity index (χ0v) is 16.4. The van der Waals surface area contributed by atoms with Crippen LogP contribution in [0, 0.1) is 13.8 Å². The molecule has 25 heavy (non-hydrogen) atoms. The molecule has 1 atom stereocenters. The lowest BCUT2D eigenvalue weighted by Crippen LogP contribution is -2.29. The van der Waals surface area contributed by atoms with Crippen molar-refractivity contribution < 1.29 is 18.4 Å². The second kappa shape index (κ2) is 8.67. The van der Waals surface area contributed by atoms with E-state index in [0.717, 1.165) is 17.1 Å². The van der Waals surface area contributed by atoms with Gasteiger partial charge in [0.25, 0.3) is 5.91 Å². The van der Waals surface area contributed by atoms with E-state index in [9.17, 15) is 9.36 Å². The molecule has 2 aromatic rings.